The largest absolute Gasteiger partial charge is 0.481 e. The summed E-state index contributed by atoms with van der Waals surface area (Å²) in [6, 6.07) is -4.93. The van der Waals surface area contributed by atoms with Gasteiger partial charge in [0.1, 0.15) is 18.1 Å². The zero-order chi connectivity index (χ0) is 25.1. The number of H-pyrrole nitrogens is 1. The van der Waals surface area contributed by atoms with Gasteiger partial charge >= 0.3 is 11.9 Å². The van der Waals surface area contributed by atoms with E-state index in [1.165, 1.54) is 12.5 Å². The minimum absolute atomic E-state index is 0.0426. The van der Waals surface area contributed by atoms with Crippen molar-refractivity contribution in [2.75, 3.05) is 5.75 Å². The van der Waals surface area contributed by atoms with Crippen LogP contribution in [0.15, 0.2) is 12.5 Å². The first-order chi connectivity index (χ1) is 15.5. The van der Waals surface area contributed by atoms with E-state index in [4.69, 9.17) is 10.8 Å². The topological polar surface area (TPSA) is 217 Å². The maximum Gasteiger partial charge on any atom is 0.326 e. The lowest BCUT2D eigenvalue weighted by atomic mass is 9.97. The fourth-order valence-electron chi connectivity index (χ4n) is 2.79. The Labute approximate surface area is 195 Å². The molecule has 1 aromatic rings. The molecule has 0 aliphatic heterocycles. The molecule has 5 unspecified atom stereocenters. The normalized spacial score (nSPS) is 15.4. The minimum Gasteiger partial charge on any atom is -0.481 e. The van der Waals surface area contributed by atoms with Crippen molar-refractivity contribution in [3.05, 3.63) is 18.2 Å². The second-order valence-corrected chi connectivity index (χ2v) is 7.87. The van der Waals surface area contributed by atoms with Gasteiger partial charge in [0, 0.05) is 24.1 Å². The van der Waals surface area contributed by atoms with Crippen molar-refractivity contribution in [2.45, 2.75) is 57.3 Å². The number of aromatic amines is 1. The number of hydrogen-bond acceptors (Lipinski definition) is 8. The highest BCUT2D eigenvalue weighted by atomic mass is 32.1. The molecule has 13 nitrogen and oxygen atoms in total. The van der Waals surface area contributed by atoms with E-state index in [0.29, 0.717) is 12.1 Å². The van der Waals surface area contributed by atoms with E-state index >= 15 is 0 Å². The predicted molar refractivity (Wildman–Crippen MR) is 119 cm³/mol. The second kappa shape index (κ2) is 13.4. The number of carbonyl (C=O) groups is 5. The zero-order valence-corrected chi connectivity index (χ0v) is 19.2. The fraction of sp³-hybridized carbons (Fsp3) is 0.579. The predicted octanol–water partition coefficient (Wildman–Crippen LogP) is -1.73. The van der Waals surface area contributed by atoms with Crippen molar-refractivity contribution in [1.29, 1.82) is 0 Å². The Bertz CT molecular complexity index is 835. The van der Waals surface area contributed by atoms with E-state index in [0.717, 1.165) is 0 Å². The van der Waals surface area contributed by atoms with E-state index in [1.807, 2.05) is 0 Å². The van der Waals surface area contributed by atoms with Crippen LogP contribution >= 0.6 is 12.6 Å². The van der Waals surface area contributed by atoms with E-state index in [9.17, 15) is 29.1 Å². The summed E-state index contributed by atoms with van der Waals surface area (Å²) in [5.74, 6) is -5.38. The average molecular weight is 487 g/mol. The highest BCUT2D eigenvalue weighted by Gasteiger charge is 2.32. The van der Waals surface area contributed by atoms with Crippen molar-refractivity contribution in [3.63, 3.8) is 0 Å². The summed E-state index contributed by atoms with van der Waals surface area (Å²) in [5, 5.41) is 25.5. The van der Waals surface area contributed by atoms with Gasteiger partial charge in [-0.05, 0) is 5.92 Å². The van der Waals surface area contributed by atoms with Crippen LogP contribution in [0.5, 0.6) is 0 Å². The molecule has 8 N–H and O–H groups in total. The highest BCUT2D eigenvalue weighted by molar-refractivity contribution is 7.80. The summed E-state index contributed by atoms with van der Waals surface area (Å²) < 4.78 is 0. The first kappa shape index (κ1) is 27.9. The molecule has 1 heterocycles. The van der Waals surface area contributed by atoms with E-state index < -0.39 is 60.2 Å². The number of hydrogen-bond donors (Lipinski definition) is 8. The number of imidazole rings is 1. The molecular formula is C19H30N6O7S. The smallest absolute Gasteiger partial charge is 0.326 e. The molecule has 0 fully saturated rings. The number of amides is 3. The standard InChI is InChI=1S/C19H30N6O7S/c1-3-9(2)15(18(30)23-12(19(31)32)4-10-6-21-8-22-10)25-17(29)13(7-33)24-16(28)11(20)5-14(26)27/h6,8-9,11-13,15,33H,3-5,7,20H2,1-2H3,(H,21,22)(H,23,30)(H,24,28)(H,25,29)(H,26,27)(H,31,32). The number of aliphatic carboxylic acids is 2. The molecule has 0 spiro atoms. The van der Waals surface area contributed by atoms with Crippen LogP contribution < -0.4 is 21.7 Å². The molecule has 5 atom stereocenters. The molecule has 0 aliphatic carbocycles. The zero-order valence-electron chi connectivity index (χ0n) is 18.3. The van der Waals surface area contributed by atoms with Gasteiger partial charge in [0.05, 0.1) is 18.8 Å². The number of thiol groups is 1. The molecule has 0 aromatic carbocycles. The molecule has 3 amide bonds. The summed E-state index contributed by atoms with van der Waals surface area (Å²) >= 11 is 4.03. The Morgan fingerprint density at radius 2 is 1.73 bits per heavy atom. The summed E-state index contributed by atoms with van der Waals surface area (Å²) in [7, 11) is 0. The molecule has 0 saturated carbocycles. The Kier molecular flexibility index (Phi) is 11.4. The molecule has 0 saturated heterocycles. The average Bonchev–Trinajstić information content (AvgIpc) is 3.26. The van der Waals surface area contributed by atoms with Gasteiger partial charge in [0.25, 0.3) is 0 Å². The Hall–Kier alpha value is -3.13. The van der Waals surface area contributed by atoms with Crippen LogP contribution in [0.3, 0.4) is 0 Å². The highest BCUT2D eigenvalue weighted by Crippen LogP contribution is 2.10. The molecule has 33 heavy (non-hydrogen) atoms. The van der Waals surface area contributed by atoms with Crippen molar-refractivity contribution in [3.8, 4) is 0 Å². The molecule has 14 heteroatoms. The van der Waals surface area contributed by atoms with Gasteiger partial charge in [-0.2, -0.15) is 12.6 Å². The number of aromatic nitrogens is 2. The summed E-state index contributed by atoms with van der Waals surface area (Å²) in [5.41, 5.74) is 6.01. The van der Waals surface area contributed by atoms with Gasteiger partial charge in [0.15, 0.2) is 0 Å². The van der Waals surface area contributed by atoms with Crippen LogP contribution in [-0.2, 0) is 30.4 Å². The van der Waals surface area contributed by atoms with Crippen LogP contribution in [0.4, 0.5) is 0 Å². The summed E-state index contributed by atoms with van der Waals surface area (Å²) in [4.78, 5) is 66.6. The fourth-order valence-corrected chi connectivity index (χ4v) is 3.04. The lowest BCUT2D eigenvalue weighted by Gasteiger charge is -2.27. The quantitative estimate of drug-likeness (QED) is 0.140. The Morgan fingerprint density at radius 3 is 2.21 bits per heavy atom. The SMILES string of the molecule is CCC(C)C(NC(=O)C(CS)NC(=O)C(N)CC(=O)O)C(=O)NC(Cc1cnc[nH]1)C(=O)O. The van der Waals surface area contributed by atoms with Gasteiger partial charge < -0.3 is 36.9 Å². The van der Waals surface area contributed by atoms with Gasteiger partial charge in [-0.3, -0.25) is 19.2 Å². The van der Waals surface area contributed by atoms with Crippen LogP contribution in [0.1, 0.15) is 32.4 Å². The van der Waals surface area contributed by atoms with Crippen molar-refractivity contribution >= 4 is 42.3 Å². The summed E-state index contributed by atoms with van der Waals surface area (Å²) in [6.45, 7) is 3.49. The number of carbonyl (C=O) groups excluding carboxylic acids is 3. The van der Waals surface area contributed by atoms with Crippen molar-refractivity contribution in [2.24, 2.45) is 11.7 Å². The molecule has 0 bridgehead atoms. The number of carboxylic acids is 2. The second-order valence-electron chi connectivity index (χ2n) is 7.50. The molecule has 1 rings (SSSR count). The number of carboxylic acid groups (broad SMARTS) is 2. The lowest BCUT2D eigenvalue weighted by Crippen LogP contribution is -2.59. The number of rotatable bonds is 14. The third-order valence-electron chi connectivity index (χ3n) is 4.93. The molecule has 1 aromatic heterocycles. The van der Waals surface area contributed by atoms with Crippen LogP contribution in [0.2, 0.25) is 0 Å². The molecule has 184 valence electrons. The summed E-state index contributed by atoms with van der Waals surface area (Å²) in [6.07, 6.45) is 2.63. The minimum atomic E-state index is -1.37. The van der Waals surface area contributed by atoms with E-state index in [1.54, 1.807) is 13.8 Å². The van der Waals surface area contributed by atoms with Crippen molar-refractivity contribution in [1.82, 2.24) is 25.9 Å². The Morgan fingerprint density at radius 1 is 1.09 bits per heavy atom. The third-order valence-corrected chi connectivity index (χ3v) is 5.30. The number of nitrogens with zero attached hydrogens (tertiary/aromatic N) is 1. The maximum atomic E-state index is 12.9. The maximum absolute atomic E-state index is 12.9. The van der Waals surface area contributed by atoms with E-state index in [2.05, 4.69) is 38.5 Å². The number of nitrogens with two attached hydrogens (primary N) is 1. The van der Waals surface area contributed by atoms with Gasteiger partial charge in [-0.15, -0.1) is 0 Å². The van der Waals surface area contributed by atoms with Gasteiger partial charge in [-0.1, -0.05) is 20.3 Å². The van der Waals surface area contributed by atoms with Crippen LogP contribution in [-0.4, -0.2) is 79.8 Å². The van der Waals surface area contributed by atoms with Crippen molar-refractivity contribution < 1.29 is 34.2 Å². The molecule has 0 radical (unpaired) electrons. The van der Waals surface area contributed by atoms with Crippen LogP contribution in [0, 0.1) is 5.92 Å². The molecule has 0 aliphatic rings. The molecular weight excluding hydrogens is 456 g/mol. The van der Waals surface area contributed by atoms with E-state index in [-0.39, 0.29) is 18.1 Å². The third kappa shape index (κ3) is 9.10. The lowest BCUT2D eigenvalue weighted by molar-refractivity contribution is -0.142. The Balaban J connectivity index is 2.89. The monoisotopic (exact) mass is 486 g/mol. The van der Waals surface area contributed by atoms with Crippen LogP contribution in [0.25, 0.3) is 0 Å². The van der Waals surface area contributed by atoms with Gasteiger partial charge in [0.2, 0.25) is 17.7 Å². The first-order valence-electron chi connectivity index (χ1n) is 10.2. The number of nitrogens with one attached hydrogen (secondary N) is 4. The van der Waals surface area contributed by atoms with Gasteiger partial charge in [-0.25, -0.2) is 9.78 Å². The first-order valence-corrected chi connectivity index (χ1v) is 10.8.